The topological polar surface area (TPSA) is 70.1 Å². The molecule has 0 aromatic rings. The fourth-order valence-electron chi connectivity index (χ4n) is 1.92. The number of aliphatic carboxylic acids is 1. The first-order chi connectivity index (χ1) is 8.84. The SMILES string of the molecule is CCN(C(=O)N(CCC(=O)O)C(C)C)C(C)COC. The van der Waals surface area contributed by atoms with Crippen LogP contribution in [0.15, 0.2) is 0 Å². The molecule has 0 saturated heterocycles. The molecule has 1 unspecified atom stereocenters. The molecule has 2 amide bonds. The number of ether oxygens (including phenoxy) is 1. The summed E-state index contributed by atoms with van der Waals surface area (Å²) in [5, 5.41) is 8.74. The minimum absolute atomic E-state index is 0.0318. The minimum atomic E-state index is -0.897. The van der Waals surface area contributed by atoms with Gasteiger partial charge in [-0.3, -0.25) is 4.79 Å². The Morgan fingerprint density at radius 2 is 1.79 bits per heavy atom. The zero-order chi connectivity index (χ0) is 15.0. The van der Waals surface area contributed by atoms with Crippen molar-refractivity contribution in [1.29, 1.82) is 0 Å². The number of methoxy groups -OCH3 is 1. The van der Waals surface area contributed by atoms with Crippen LogP contribution in [0.4, 0.5) is 4.79 Å². The molecule has 0 heterocycles. The number of carboxylic acids is 1. The highest BCUT2D eigenvalue weighted by Gasteiger charge is 2.26. The third-order valence-corrected chi connectivity index (χ3v) is 2.96. The Hall–Kier alpha value is -1.30. The molecule has 112 valence electrons. The highest BCUT2D eigenvalue weighted by Crippen LogP contribution is 2.09. The van der Waals surface area contributed by atoms with Crippen molar-refractivity contribution in [3.05, 3.63) is 0 Å². The molecule has 1 atom stereocenters. The largest absolute Gasteiger partial charge is 0.481 e. The second-order valence-corrected chi connectivity index (χ2v) is 4.80. The minimum Gasteiger partial charge on any atom is -0.481 e. The molecule has 0 aromatic heterocycles. The zero-order valence-electron chi connectivity index (χ0n) is 12.5. The Morgan fingerprint density at radius 3 is 2.16 bits per heavy atom. The number of carbonyl (C=O) groups excluding carboxylic acids is 1. The number of rotatable bonds is 8. The summed E-state index contributed by atoms with van der Waals surface area (Å²) in [6.45, 7) is 8.84. The van der Waals surface area contributed by atoms with Gasteiger partial charge in [-0.1, -0.05) is 0 Å². The van der Waals surface area contributed by atoms with E-state index < -0.39 is 5.97 Å². The van der Waals surface area contributed by atoms with Gasteiger partial charge in [-0.15, -0.1) is 0 Å². The number of hydrogen-bond acceptors (Lipinski definition) is 3. The van der Waals surface area contributed by atoms with E-state index in [0.29, 0.717) is 13.2 Å². The van der Waals surface area contributed by atoms with Gasteiger partial charge in [0.1, 0.15) is 0 Å². The highest BCUT2D eigenvalue weighted by molar-refractivity contribution is 5.76. The van der Waals surface area contributed by atoms with E-state index in [4.69, 9.17) is 9.84 Å². The van der Waals surface area contributed by atoms with Gasteiger partial charge < -0.3 is 19.6 Å². The van der Waals surface area contributed by atoms with Gasteiger partial charge in [0, 0.05) is 26.2 Å². The van der Waals surface area contributed by atoms with Crippen molar-refractivity contribution in [2.24, 2.45) is 0 Å². The number of carbonyl (C=O) groups is 2. The summed E-state index contributed by atoms with van der Waals surface area (Å²) in [5.74, 6) is -0.897. The quantitative estimate of drug-likeness (QED) is 0.730. The van der Waals surface area contributed by atoms with Gasteiger partial charge in [-0.25, -0.2) is 4.79 Å². The van der Waals surface area contributed by atoms with Gasteiger partial charge in [-0.2, -0.15) is 0 Å². The number of amides is 2. The fraction of sp³-hybridized carbons (Fsp3) is 0.846. The second kappa shape index (κ2) is 8.74. The maximum absolute atomic E-state index is 12.4. The fourth-order valence-corrected chi connectivity index (χ4v) is 1.92. The van der Waals surface area contributed by atoms with Gasteiger partial charge in [0.2, 0.25) is 0 Å². The predicted octanol–water partition coefficient (Wildman–Crippen LogP) is 1.65. The molecule has 0 fully saturated rings. The lowest BCUT2D eigenvalue weighted by Crippen LogP contribution is -2.51. The molecule has 0 aliphatic carbocycles. The maximum atomic E-state index is 12.4. The van der Waals surface area contributed by atoms with E-state index >= 15 is 0 Å². The van der Waals surface area contributed by atoms with Crippen LogP contribution < -0.4 is 0 Å². The van der Waals surface area contributed by atoms with E-state index in [-0.39, 0.29) is 31.1 Å². The van der Waals surface area contributed by atoms with Crippen LogP contribution >= 0.6 is 0 Å². The Balaban J connectivity index is 4.79. The monoisotopic (exact) mass is 274 g/mol. The number of likely N-dealkylation sites (N-methyl/N-ethyl adjacent to an activating group) is 1. The van der Waals surface area contributed by atoms with Crippen LogP contribution in [0, 0.1) is 0 Å². The summed E-state index contributed by atoms with van der Waals surface area (Å²) >= 11 is 0. The third-order valence-electron chi connectivity index (χ3n) is 2.96. The molecule has 0 bridgehead atoms. The van der Waals surface area contributed by atoms with Crippen molar-refractivity contribution in [2.75, 3.05) is 26.8 Å². The summed E-state index contributed by atoms with van der Waals surface area (Å²) in [6.07, 6.45) is -0.0415. The normalized spacial score (nSPS) is 12.3. The maximum Gasteiger partial charge on any atom is 0.320 e. The van der Waals surface area contributed by atoms with Crippen molar-refractivity contribution in [2.45, 2.75) is 46.2 Å². The first kappa shape index (κ1) is 17.7. The van der Waals surface area contributed by atoms with Crippen LogP contribution in [0.2, 0.25) is 0 Å². The number of urea groups is 1. The van der Waals surface area contributed by atoms with Crippen molar-refractivity contribution in [3.8, 4) is 0 Å². The summed E-state index contributed by atoms with van der Waals surface area (Å²) in [7, 11) is 1.60. The van der Waals surface area contributed by atoms with Crippen molar-refractivity contribution >= 4 is 12.0 Å². The molecule has 6 heteroatoms. The van der Waals surface area contributed by atoms with Crippen LogP contribution in [0.3, 0.4) is 0 Å². The van der Waals surface area contributed by atoms with E-state index in [1.165, 1.54) is 0 Å². The van der Waals surface area contributed by atoms with Gasteiger partial charge in [-0.05, 0) is 27.7 Å². The van der Waals surface area contributed by atoms with Crippen molar-refractivity contribution in [1.82, 2.24) is 9.80 Å². The van der Waals surface area contributed by atoms with Crippen LogP contribution in [0.5, 0.6) is 0 Å². The molecule has 19 heavy (non-hydrogen) atoms. The first-order valence-corrected chi connectivity index (χ1v) is 6.63. The lowest BCUT2D eigenvalue weighted by molar-refractivity contribution is -0.137. The van der Waals surface area contributed by atoms with E-state index in [1.807, 2.05) is 27.7 Å². The predicted molar refractivity (Wildman–Crippen MR) is 73.2 cm³/mol. The summed E-state index contributed by atoms with van der Waals surface area (Å²) in [6, 6.07) is -0.201. The van der Waals surface area contributed by atoms with Gasteiger partial charge in [0.15, 0.2) is 0 Å². The van der Waals surface area contributed by atoms with E-state index in [9.17, 15) is 9.59 Å². The average molecular weight is 274 g/mol. The third kappa shape index (κ3) is 5.92. The van der Waals surface area contributed by atoms with Crippen molar-refractivity contribution in [3.63, 3.8) is 0 Å². The highest BCUT2D eigenvalue weighted by atomic mass is 16.5. The molecule has 0 aromatic carbocycles. The molecule has 0 spiro atoms. The molecule has 6 nitrogen and oxygen atoms in total. The summed E-state index contributed by atoms with van der Waals surface area (Å²) < 4.78 is 5.07. The zero-order valence-corrected chi connectivity index (χ0v) is 12.5. The second-order valence-electron chi connectivity index (χ2n) is 4.80. The molecule has 1 N–H and O–H groups in total. The molecule has 0 aliphatic heterocycles. The number of hydrogen-bond donors (Lipinski definition) is 1. The van der Waals surface area contributed by atoms with Gasteiger partial charge in [0.25, 0.3) is 0 Å². The average Bonchev–Trinajstić information content (AvgIpc) is 2.29. The lowest BCUT2D eigenvalue weighted by Gasteiger charge is -2.35. The van der Waals surface area contributed by atoms with Crippen molar-refractivity contribution < 1.29 is 19.4 Å². The molecule has 0 saturated carbocycles. The smallest absolute Gasteiger partial charge is 0.320 e. The van der Waals surface area contributed by atoms with Crippen LogP contribution in [-0.4, -0.2) is 65.8 Å². The van der Waals surface area contributed by atoms with Gasteiger partial charge in [0.05, 0.1) is 19.1 Å². The summed E-state index contributed by atoms with van der Waals surface area (Å²) in [5.41, 5.74) is 0. The first-order valence-electron chi connectivity index (χ1n) is 6.63. The Labute approximate surface area is 115 Å². The van der Waals surface area contributed by atoms with Gasteiger partial charge >= 0.3 is 12.0 Å². The lowest BCUT2D eigenvalue weighted by atomic mass is 10.2. The van der Waals surface area contributed by atoms with Crippen LogP contribution in [-0.2, 0) is 9.53 Å². The molecule has 0 radical (unpaired) electrons. The molecular weight excluding hydrogens is 248 g/mol. The molecule has 0 aliphatic rings. The molecule has 0 rings (SSSR count). The Morgan fingerprint density at radius 1 is 1.21 bits per heavy atom. The standard InChI is InChI=1S/C13H26N2O4/c1-6-14(11(4)9-19-5)13(18)15(10(2)3)8-7-12(16)17/h10-11H,6-9H2,1-5H3,(H,16,17). The Bertz CT molecular complexity index is 294. The number of nitrogens with zero attached hydrogens (tertiary/aromatic N) is 2. The van der Waals surface area contributed by atoms with E-state index in [1.54, 1.807) is 16.9 Å². The Kier molecular flexibility index (Phi) is 8.14. The number of carboxylic acid groups (broad SMARTS) is 1. The summed E-state index contributed by atoms with van der Waals surface area (Å²) in [4.78, 5) is 26.4. The van der Waals surface area contributed by atoms with E-state index in [2.05, 4.69) is 0 Å². The van der Waals surface area contributed by atoms with Crippen LogP contribution in [0.25, 0.3) is 0 Å². The molecular formula is C13H26N2O4. The van der Waals surface area contributed by atoms with Crippen LogP contribution in [0.1, 0.15) is 34.1 Å². The van der Waals surface area contributed by atoms with E-state index in [0.717, 1.165) is 0 Å².